The predicted octanol–water partition coefficient (Wildman–Crippen LogP) is 6.42. The monoisotopic (exact) mass is 560 g/mol. The summed E-state index contributed by atoms with van der Waals surface area (Å²) in [6.45, 7) is 2.44. The minimum atomic E-state index is -0.804. The molecule has 6 nitrogen and oxygen atoms in total. The quantitative estimate of drug-likeness (QED) is 0.167. The third-order valence-corrected chi connectivity index (χ3v) is 7.17. The average Bonchev–Trinajstić information content (AvgIpc) is 3.50. The Morgan fingerprint density at radius 1 is 1.08 bits per heavy atom. The molecule has 0 unspecified atom stereocenters. The number of aryl methyl sites for hydroxylation is 1. The van der Waals surface area contributed by atoms with Gasteiger partial charge in [-0.2, -0.15) is 0 Å². The SMILES string of the molecule is Cc1cccc(COc2ccc(C(O)=C3C(=O)C(=O)N(c4nccs4)[C@@H]3c3ccc(Br)cc3)cc2)c1. The molecule has 1 atom stereocenters. The molecule has 3 aromatic carbocycles. The molecular weight excluding hydrogens is 540 g/mol. The van der Waals surface area contributed by atoms with Crippen LogP contribution in [-0.2, 0) is 16.2 Å². The van der Waals surface area contributed by atoms with E-state index < -0.39 is 17.7 Å². The highest BCUT2D eigenvalue weighted by atomic mass is 79.9. The number of aliphatic hydroxyl groups is 1. The number of halogens is 1. The van der Waals surface area contributed by atoms with Gasteiger partial charge in [-0.05, 0) is 54.4 Å². The summed E-state index contributed by atoms with van der Waals surface area (Å²) < 4.78 is 6.73. The number of carbonyl (C=O) groups is 2. The van der Waals surface area contributed by atoms with Crippen molar-refractivity contribution in [1.29, 1.82) is 0 Å². The molecule has 8 heteroatoms. The number of aromatic nitrogens is 1. The van der Waals surface area contributed by atoms with Gasteiger partial charge in [0.25, 0.3) is 5.78 Å². The second kappa shape index (κ2) is 10.1. The number of carbonyl (C=O) groups excluding carboxylic acids is 2. The minimum Gasteiger partial charge on any atom is -0.507 e. The zero-order valence-electron chi connectivity index (χ0n) is 19.2. The molecule has 5 rings (SSSR count). The molecule has 1 amide bonds. The molecule has 0 saturated carbocycles. The van der Waals surface area contributed by atoms with Crippen LogP contribution < -0.4 is 9.64 Å². The Morgan fingerprint density at radius 3 is 2.50 bits per heavy atom. The van der Waals surface area contributed by atoms with Gasteiger partial charge in [-0.15, -0.1) is 11.3 Å². The van der Waals surface area contributed by atoms with Gasteiger partial charge in [0.15, 0.2) is 5.13 Å². The Morgan fingerprint density at radius 2 is 1.83 bits per heavy atom. The highest BCUT2D eigenvalue weighted by Crippen LogP contribution is 2.43. The predicted molar refractivity (Wildman–Crippen MR) is 143 cm³/mol. The van der Waals surface area contributed by atoms with Crippen LogP contribution in [0.3, 0.4) is 0 Å². The summed E-state index contributed by atoms with van der Waals surface area (Å²) in [6.07, 6.45) is 1.58. The fourth-order valence-electron chi connectivity index (χ4n) is 4.16. The lowest BCUT2D eigenvalue weighted by molar-refractivity contribution is -0.132. The van der Waals surface area contributed by atoms with Crippen LogP contribution in [0.15, 0.2) is 94.4 Å². The lowest BCUT2D eigenvalue weighted by atomic mass is 9.95. The van der Waals surface area contributed by atoms with Gasteiger partial charge in [-0.25, -0.2) is 4.98 Å². The molecule has 4 aromatic rings. The molecule has 0 bridgehead atoms. The van der Waals surface area contributed by atoms with Crippen molar-refractivity contribution < 1.29 is 19.4 Å². The normalized spacial score (nSPS) is 16.9. The number of ether oxygens (including phenoxy) is 1. The van der Waals surface area contributed by atoms with Crippen LogP contribution in [0.1, 0.15) is 28.3 Å². The summed E-state index contributed by atoms with van der Waals surface area (Å²) in [7, 11) is 0. The van der Waals surface area contributed by atoms with Gasteiger partial charge in [0.2, 0.25) is 0 Å². The number of amides is 1. The largest absolute Gasteiger partial charge is 0.507 e. The number of ketones is 1. The summed E-state index contributed by atoms with van der Waals surface area (Å²) in [6, 6.07) is 21.4. The number of hydrogen-bond acceptors (Lipinski definition) is 6. The molecule has 36 heavy (non-hydrogen) atoms. The highest BCUT2D eigenvalue weighted by Gasteiger charge is 2.47. The first kappa shape index (κ1) is 24.0. The Labute approximate surface area is 220 Å². The van der Waals surface area contributed by atoms with E-state index in [0.29, 0.717) is 28.6 Å². The van der Waals surface area contributed by atoms with Crippen molar-refractivity contribution in [2.45, 2.75) is 19.6 Å². The van der Waals surface area contributed by atoms with Crippen molar-refractivity contribution in [2.75, 3.05) is 4.90 Å². The zero-order valence-corrected chi connectivity index (χ0v) is 21.6. The van der Waals surface area contributed by atoms with Crippen molar-refractivity contribution in [2.24, 2.45) is 0 Å². The summed E-state index contributed by atoms with van der Waals surface area (Å²) in [5.74, 6) is -1.10. The van der Waals surface area contributed by atoms with Crippen molar-refractivity contribution in [3.05, 3.63) is 117 Å². The second-order valence-corrected chi connectivity index (χ2v) is 10.1. The number of Topliss-reactive ketones (excluding diaryl/α,β-unsaturated/α-hetero) is 1. The van der Waals surface area contributed by atoms with Crippen molar-refractivity contribution in [3.8, 4) is 5.75 Å². The summed E-state index contributed by atoms with van der Waals surface area (Å²) in [5, 5.41) is 13.4. The number of aliphatic hydroxyl groups excluding tert-OH is 1. The summed E-state index contributed by atoms with van der Waals surface area (Å²) in [4.78, 5) is 31.8. The number of rotatable bonds is 6. The first-order valence-corrected chi connectivity index (χ1v) is 12.8. The molecule has 1 aliphatic rings. The molecular formula is C28H21BrN2O4S. The van der Waals surface area contributed by atoms with Gasteiger partial charge in [-0.3, -0.25) is 14.5 Å². The Bertz CT molecular complexity index is 1450. The fourth-order valence-corrected chi connectivity index (χ4v) is 5.09. The van der Waals surface area contributed by atoms with E-state index in [9.17, 15) is 14.7 Å². The van der Waals surface area contributed by atoms with Crippen molar-refractivity contribution in [3.63, 3.8) is 0 Å². The van der Waals surface area contributed by atoms with Crippen LogP contribution in [0.25, 0.3) is 5.76 Å². The van der Waals surface area contributed by atoms with Crippen LogP contribution in [0.2, 0.25) is 0 Å². The first-order valence-electron chi connectivity index (χ1n) is 11.2. The van der Waals surface area contributed by atoms with E-state index in [1.165, 1.54) is 16.2 Å². The van der Waals surface area contributed by atoms with Gasteiger partial charge in [-0.1, -0.05) is 57.9 Å². The van der Waals surface area contributed by atoms with Crippen LogP contribution >= 0.6 is 27.3 Å². The maximum Gasteiger partial charge on any atom is 0.301 e. The van der Waals surface area contributed by atoms with Gasteiger partial charge in [0.1, 0.15) is 18.1 Å². The first-order chi connectivity index (χ1) is 17.4. The second-order valence-electron chi connectivity index (χ2n) is 8.34. The third-order valence-electron chi connectivity index (χ3n) is 5.87. The summed E-state index contributed by atoms with van der Waals surface area (Å²) >= 11 is 4.67. The van der Waals surface area contributed by atoms with E-state index in [4.69, 9.17) is 4.74 Å². The van der Waals surface area contributed by atoms with Crippen molar-refractivity contribution >= 4 is 49.8 Å². The Kier molecular flexibility index (Phi) is 6.71. The maximum absolute atomic E-state index is 13.2. The molecule has 1 N–H and O–H groups in total. The minimum absolute atomic E-state index is 0.0194. The number of anilines is 1. The van der Waals surface area contributed by atoms with E-state index in [1.54, 1.807) is 35.8 Å². The standard InChI is InChI=1S/C28H21BrN2O4S/c1-17-3-2-4-18(15-17)16-35-22-11-7-20(8-12-22)25(32)23-24(19-5-9-21(29)10-6-19)31(27(34)26(23)33)28-30-13-14-36-28/h2-15,24,32H,16H2,1H3/t24-/m1/s1. The van der Waals surface area contributed by atoms with E-state index >= 15 is 0 Å². The van der Waals surface area contributed by atoms with E-state index in [0.717, 1.165) is 15.6 Å². The molecule has 0 spiro atoms. The smallest absolute Gasteiger partial charge is 0.301 e. The molecule has 1 aromatic heterocycles. The van der Waals surface area contributed by atoms with E-state index in [1.807, 2.05) is 49.4 Å². The molecule has 0 aliphatic carbocycles. The molecule has 1 aliphatic heterocycles. The van der Waals surface area contributed by atoms with Crippen molar-refractivity contribution in [1.82, 2.24) is 4.98 Å². The highest BCUT2D eigenvalue weighted by molar-refractivity contribution is 9.10. The topological polar surface area (TPSA) is 79.7 Å². The number of benzene rings is 3. The van der Waals surface area contributed by atoms with Crippen LogP contribution in [0.4, 0.5) is 5.13 Å². The molecule has 2 heterocycles. The van der Waals surface area contributed by atoms with Gasteiger partial charge in [0.05, 0.1) is 11.6 Å². The lowest BCUT2D eigenvalue weighted by Gasteiger charge is -2.23. The van der Waals surface area contributed by atoms with E-state index in [2.05, 4.69) is 27.0 Å². The lowest BCUT2D eigenvalue weighted by Crippen LogP contribution is -2.29. The van der Waals surface area contributed by atoms with Gasteiger partial charge >= 0.3 is 5.91 Å². The molecule has 1 saturated heterocycles. The maximum atomic E-state index is 13.2. The van der Waals surface area contributed by atoms with Gasteiger partial charge < -0.3 is 9.84 Å². The van der Waals surface area contributed by atoms with E-state index in [-0.39, 0.29) is 11.3 Å². The zero-order chi connectivity index (χ0) is 25.2. The fraction of sp³-hybridized carbons (Fsp3) is 0.107. The number of hydrogen-bond donors (Lipinski definition) is 1. The number of nitrogens with zero attached hydrogens (tertiary/aromatic N) is 2. The third kappa shape index (κ3) is 4.69. The Balaban J connectivity index is 1.48. The number of thiazole rings is 1. The molecule has 1 fully saturated rings. The van der Waals surface area contributed by atoms with Gasteiger partial charge in [0, 0.05) is 21.6 Å². The van der Waals surface area contributed by atoms with Crippen LogP contribution in [0.5, 0.6) is 5.75 Å². The van der Waals surface area contributed by atoms with Crippen LogP contribution in [-0.4, -0.2) is 21.8 Å². The van der Waals surface area contributed by atoms with Crippen LogP contribution in [0, 0.1) is 6.92 Å². The molecule has 180 valence electrons. The molecule has 0 radical (unpaired) electrons. The average molecular weight is 561 g/mol. The summed E-state index contributed by atoms with van der Waals surface area (Å²) in [5.41, 5.74) is 3.33. The Hall–Kier alpha value is -3.75.